The Hall–Kier alpha value is -0.210. The number of allylic oxidation sites excluding steroid dienone is 1. The van der Waals surface area contributed by atoms with E-state index >= 15 is 0 Å². The van der Waals surface area contributed by atoms with Crippen molar-refractivity contribution in [1.82, 2.24) is 5.32 Å². The molecule has 0 unspecified atom stereocenters. The Labute approximate surface area is 57.5 Å². The zero-order valence-corrected chi connectivity index (χ0v) is 5.75. The molecule has 8 heavy (non-hydrogen) atoms. The van der Waals surface area contributed by atoms with Gasteiger partial charge in [0.2, 0.25) is 6.41 Å². The van der Waals surface area contributed by atoms with Crippen LogP contribution >= 0.6 is 23.2 Å². The molecule has 0 spiro atoms. The van der Waals surface area contributed by atoms with E-state index in [1.807, 2.05) is 0 Å². The van der Waals surface area contributed by atoms with E-state index in [9.17, 15) is 4.79 Å². The van der Waals surface area contributed by atoms with Crippen molar-refractivity contribution >= 4 is 29.6 Å². The molecule has 0 aromatic rings. The van der Waals surface area contributed by atoms with Crippen molar-refractivity contribution in [3.8, 4) is 0 Å². The standard InChI is InChI=1S/C4H5Cl2NO/c1-3(4(5)6)7-2-8/h2H,1H3,(H,7,8). The molecular formula is C4H5Cl2NO. The second kappa shape index (κ2) is 3.75. The second-order valence-corrected chi connectivity index (χ2v) is 2.10. The van der Waals surface area contributed by atoms with Crippen molar-refractivity contribution in [3.05, 3.63) is 10.2 Å². The quantitative estimate of drug-likeness (QED) is 0.598. The van der Waals surface area contributed by atoms with Crippen LogP contribution in [0.3, 0.4) is 0 Å². The lowest BCUT2D eigenvalue weighted by atomic mass is 10.6. The number of hydrogen-bond acceptors (Lipinski definition) is 1. The van der Waals surface area contributed by atoms with Crippen molar-refractivity contribution in [3.63, 3.8) is 0 Å². The maximum atomic E-state index is 9.66. The van der Waals surface area contributed by atoms with Gasteiger partial charge in [0.05, 0.1) is 0 Å². The molecule has 0 radical (unpaired) electrons. The summed E-state index contributed by atoms with van der Waals surface area (Å²) in [6.45, 7) is 1.60. The Kier molecular flexibility index (Phi) is 3.65. The summed E-state index contributed by atoms with van der Waals surface area (Å²) in [6, 6.07) is 0. The summed E-state index contributed by atoms with van der Waals surface area (Å²) in [4.78, 5) is 9.66. The Bertz CT molecular complexity index is 117. The van der Waals surface area contributed by atoms with Gasteiger partial charge in [0.25, 0.3) is 0 Å². The van der Waals surface area contributed by atoms with Crippen molar-refractivity contribution in [1.29, 1.82) is 0 Å². The van der Waals surface area contributed by atoms with Gasteiger partial charge < -0.3 is 5.32 Å². The molecule has 0 aliphatic carbocycles. The zero-order valence-electron chi connectivity index (χ0n) is 4.24. The highest BCUT2D eigenvalue weighted by atomic mass is 35.5. The fourth-order valence-electron chi connectivity index (χ4n) is 0.143. The number of amides is 1. The van der Waals surface area contributed by atoms with Crippen LogP contribution in [-0.2, 0) is 4.79 Å². The highest BCUT2D eigenvalue weighted by molar-refractivity contribution is 6.56. The highest BCUT2D eigenvalue weighted by Gasteiger charge is 1.89. The third-order valence-corrected chi connectivity index (χ3v) is 1.13. The van der Waals surface area contributed by atoms with Crippen LogP contribution in [0.5, 0.6) is 0 Å². The number of hydrogen-bond donors (Lipinski definition) is 1. The average Bonchev–Trinajstić information content (AvgIpc) is 1.67. The zero-order chi connectivity index (χ0) is 6.57. The van der Waals surface area contributed by atoms with Gasteiger partial charge in [0.1, 0.15) is 4.49 Å². The fraction of sp³-hybridized carbons (Fsp3) is 0.250. The van der Waals surface area contributed by atoms with Gasteiger partial charge in [-0.2, -0.15) is 0 Å². The topological polar surface area (TPSA) is 29.1 Å². The Balaban J connectivity index is 3.79. The SMILES string of the molecule is CC(NC=O)=C(Cl)Cl. The minimum absolute atomic E-state index is 0.0806. The van der Waals surface area contributed by atoms with Crippen LogP contribution in [0.4, 0.5) is 0 Å². The summed E-state index contributed by atoms with van der Waals surface area (Å²) in [5.74, 6) is 0. The maximum Gasteiger partial charge on any atom is 0.211 e. The van der Waals surface area contributed by atoms with Crippen LogP contribution in [0.25, 0.3) is 0 Å². The molecule has 0 aliphatic rings. The van der Waals surface area contributed by atoms with Crippen molar-refractivity contribution in [2.45, 2.75) is 6.92 Å². The van der Waals surface area contributed by atoms with Crippen LogP contribution in [0.15, 0.2) is 10.2 Å². The molecule has 0 atom stereocenters. The molecule has 0 saturated carbocycles. The van der Waals surface area contributed by atoms with Gasteiger partial charge >= 0.3 is 0 Å². The number of nitrogens with one attached hydrogen (secondary N) is 1. The molecule has 0 aromatic carbocycles. The Morgan fingerprint density at radius 1 is 1.62 bits per heavy atom. The maximum absolute atomic E-state index is 9.66. The van der Waals surface area contributed by atoms with E-state index in [2.05, 4.69) is 5.32 Å². The van der Waals surface area contributed by atoms with E-state index in [0.717, 1.165) is 0 Å². The smallest absolute Gasteiger partial charge is 0.211 e. The molecule has 0 saturated heterocycles. The molecule has 0 heterocycles. The van der Waals surface area contributed by atoms with Gasteiger partial charge in [-0.05, 0) is 6.92 Å². The first kappa shape index (κ1) is 7.79. The Morgan fingerprint density at radius 2 is 2.12 bits per heavy atom. The monoisotopic (exact) mass is 153 g/mol. The molecule has 2 nitrogen and oxygen atoms in total. The molecule has 0 aromatic heterocycles. The van der Waals surface area contributed by atoms with Gasteiger partial charge in [0.15, 0.2) is 0 Å². The summed E-state index contributed by atoms with van der Waals surface area (Å²) < 4.78 is 0.0806. The van der Waals surface area contributed by atoms with Crippen LogP contribution in [-0.4, -0.2) is 6.41 Å². The predicted octanol–water partition coefficient (Wildman–Crippen LogP) is 1.40. The van der Waals surface area contributed by atoms with Crippen molar-refractivity contribution in [2.24, 2.45) is 0 Å². The van der Waals surface area contributed by atoms with Crippen LogP contribution in [0, 0.1) is 0 Å². The van der Waals surface area contributed by atoms with Crippen molar-refractivity contribution in [2.75, 3.05) is 0 Å². The summed E-state index contributed by atoms with van der Waals surface area (Å²) in [7, 11) is 0. The fourth-order valence-corrected chi connectivity index (χ4v) is 0.252. The van der Waals surface area contributed by atoms with E-state index in [4.69, 9.17) is 23.2 Å². The average molecular weight is 154 g/mol. The summed E-state index contributed by atoms with van der Waals surface area (Å²) in [6.07, 6.45) is 0.514. The summed E-state index contributed by atoms with van der Waals surface area (Å²) in [5, 5.41) is 2.28. The van der Waals surface area contributed by atoms with Crippen LogP contribution in [0.1, 0.15) is 6.92 Å². The summed E-state index contributed by atoms with van der Waals surface area (Å²) in [5.41, 5.74) is 0.461. The molecule has 0 aliphatic heterocycles. The van der Waals surface area contributed by atoms with Gasteiger partial charge in [-0.25, -0.2) is 0 Å². The highest BCUT2D eigenvalue weighted by Crippen LogP contribution is 2.09. The van der Waals surface area contributed by atoms with E-state index in [0.29, 0.717) is 12.1 Å². The lowest BCUT2D eigenvalue weighted by molar-refractivity contribution is -0.108. The molecule has 1 N–H and O–H groups in total. The van der Waals surface area contributed by atoms with Gasteiger partial charge in [0, 0.05) is 5.70 Å². The largest absolute Gasteiger partial charge is 0.330 e. The van der Waals surface area contributed by atoms with Crippen LogP contribution < -0.4 is 5.32 Å². The molecule has 0 rings (SSSR count). The Morgan fingerprint density at radius 3 is 2.25 bits per heavy atom. The van der Waals surface area contributed by atoms with E-state index in [1.54, 1.807) is 6.92 Å². The minimum Gasteiger partial charge on any atom is -0.330 e. The second-order valence-electron chi connectivity index (χ2n) is 1.15. The van der Waals surface area contributed by atoms with Gasteiger partial charge in [-0.3, -0.25) is 4.79 Å². The molecule has 0 bridgehead atoms. The number of carbonyl (C=O) groups is 1. The number of halogens is 2. The third kappa shape index (κ3) is 2.88. The molecule has 46 valence electrons. The molecule has 1 amide bonds. The lowest BCUT2D eigenvalue weighted by Crippen LogP contribution is -2.06. The van der Waals surface area contributed by atoms with Crippen LogP contribution in [0.2, 0.25) is 0 Å². The lowest BCUT2D eigenvalue weighted by Gasteiger charge is -1.93. The minimum atomic E-state index is 0.0806. The van der Waals surface area contributed by atoms with Crippen molar-refractivity contribution < 1.29 is 4.79 Å². The van der Waals surface area contributed by atoms with E-state index in [-0.39, 0.29) is 4.49 Å². The third-order valence-electron chi connectivity index (χ3n) is 0.559. The number of rotatable bonds is 2. The van der Waals surface area contributed by atoms with E-state index in [1.165, 1.54) is 0 Å². The first-order valence-corrected chi connectivity index (χ1v) is 2.66. The van der Waals surface area contributed by atoms with E-state index < -0.39 is 0 Å². The number of carbonyl (C=O) groups excluding carboxylic acids is 1. The molecule has 4 heteroatoms. The normalized spacial score (nSPS) is 7.88. The van der Waals surface area contributed by atoms with Gasteiger partial charge in [-0.15, -0.1) is 0 Å². The first-order valence-electron chi connectivity index (χ1n) is 1.90. The summed E-state index contributed by atoms with van der Waals surface area (Å²) >= 11 is 10.5. The first-order chi connectivity index (χ1) is 3.68. The molecule has 0 fully saturated rings. The predicted molar refractivity (Wildman–Crippen MR) is 33.6 cm³/mol. The molecular weight excluding hydrogens is 149 g/mol. The van der Waals surface area contributed by atoms with Gasteiger partial charge in [-0.1, -0.05) is 23.2 Å².